The summed E-state index contributed by atoms with van der Waals surface area (Å²) in [6, 6.07) is 6.53. The number of nitro groups is 1. The van der Waals surface area contributed by atoms with Gasteiger partial charge in [-0.2, -0.15) is 8.42 Å². The fourth-order valence-corrected chi connectivity index (χ4v) is 4.31. The number of amides is 4. The van der Waals surface area contributed by atoms with Gasteiger partial charge in [0.15, 0.2) is 11.5 Å². The van der Waals surface area contributed by atoms with E-state index in [2.05, 4.69) is 0 Å². The SMILES string of the molecule is COc1cc(C=C2C(=O)N(C)C(=O)N(C)C2=O)ccc1OS(=O)(=O)c1cc([N+](=O)[O-])ccc1C. The third kappa shape index (κ3) is 4.45. The molecule has 1 aliphatic heterocycles. The predicted octanol–water partition coefficient (Wildman–Crippen LogP) is 2.11. The van der Waals surface area contributed by atoms with Crippen molar-refractivity contribution < 1.29 is 36.6 Å². The average molecular weight is 489 g/mol. The van der Waals surface area contributed by atoms with E-state index >= 15 is 0 Å². The molecule has 1 fully saturated rings. The van der Waals surface area contributed by atoms with Crippen molar-refractivity contribution in [2.45, 2.75) is 11.8 Å². The molecule has 0 atom stereocenters. The van der Waals surface area contributed by atoms with Crippen LogP contribution in [0.4, 0.5) is 10.5 Å². The lowest BCUT2D eigenvalue weighted by Crippen LogP contribution is -2.52. The van der Waals surface area contributed by atoms with E-state index in [1.807, 2.05) is 0 Å². The molecule has 0 radical (unpaired) electrons. The van der Waals surface area contributed by atoms with E-state index < -0.39 is 38.6 Å². The van der Waals surface area contributed by atoms with E-state index in [4.69, 9.17) is 8.92 Å². The minimum atomic E-state index is -4.47. The summed E-state index contributed by atoms with van der Waals surface area (Å²) in [5.74, 6) is -1.86. The second-order valence-electron chi connectivity index (χ2n) is 7.22. The lowest BCUT2D eigenvalue weighted by atomic mass is 10.1. The summed E-state index contributed by atoms with van der Waals surface area (Å²) in [5.41, 5.74) is -0.166. The number of nitrogens with zero attached hydrogens (tertiary/aromatic N) is 3. The van der Waals surface area contributed by atoms with E-state index in [9.17, 15) is 32.9 Å². The van der Waals surface area contributed by atoms with Crippen LogP contribution in [0.1, 0.15) is 11.1 Å². The molecular weight excluding hydrogens is 470 g/mol. The average Bonchev–Trinajstić information content (AvgIpc) is 2.79. The van der Waals surface area contributed by atoms with Crippen LogP contribution in [0.15, 0.2) is 46.9 Å². The molecule has 0 spiro atoms. The van der Waals surface area contributed by atoms with Gasteiger partial charge in [-0.15, -0.1) is 0 Å². The Morgan fingerprint density at radius 3 is 2.15 bits per heavy atom. The molecule has 13 heteroatoms. The Balaban J connectivity index is 1.98. The second kappa shape index (κ2) is 8.94. The first-order chi connectivity index (χ1) is 15.9. The molecule has 0 aromatic heterocycles. The Labute approximate surface area is 194 Å². The first-order valence-electron chi connectivity index (χ1n) is 9.56. The fraction of sp³-hybridized carbons (Fsp3) is 0.190. The molecular formula is C21H19N3O9S. The molecule has 1 saturated heterocycles. The Kier molecular flexibility index (Phi) is 6.41. The number of benzene rings is 2. The summed E-state index contributed by atoms with van der Waals surface area (Å²) in [7, 11) is -0.747. The number of urea groups is 1. The summed E-state index contributed by atoms with van der Waals surface area (Å²) in [6.45, 7) is 1.46. The first kappa shape index (κ1) is 24.4. The van der Waals surface area contributed by atoms with Crippen LogP contribution < -0.4 is 8.92 Å². The molecule has 0 saturated carbocycles. The van der Waals surface area contributed by atoms with Crippen LogP contribution in [-0.4, -0.2) is 62.2 Å². The zero-order chi connectivity index (χ0) is 25.4. The minimum Gasteiger partial charge on any atom is -0.493 e. The maximum absolute atomic E-state index is 12.8. The molecule has 0 unspecified atom stereocenters. The molecule has 2 aromatic rings. The number of nitro benzene ring substituents is 1. The number of aryl methyl sites for hydroxylation is 1. The number of non-ortho nitro benzene ring substituents is 1. The number of likely N-dealkylation sites (N-methyl/N-ethyl adjacent to an activating group) is 2. The third-order valence-corrected chi connectivity index (χ3v) is 6.37. The zero-order valence-corrected chi connectivity index (χ0v) is 19.3. The summed E-state index contributed by atoms with van der Waals surface area (Å²) < 4.78 is 36.0. The van der Waals surface area contributed by atoms with Gasteiger partial charge in [0.1, 0.15) is 10.5 Å². The minimum absolute atomic E-state index is 0.0468. The van der Waals surface area contributed by atoms with Gasteiger partial charge in [-0.1, -0.05) is 12.1 Å². The topological polar surface area (TPSA) is 153 Å². The maximum atomic E-state index is 12.8. The van der Waals surface area contributed by atoms with Crippen molar-refractivity contribution in [1.29, 1.82) is 0 Å². The van der Waals surface area contributed by atoms with Crippen LogP contribution in [0.25, 0.3) is 6.08 Å². The van der Waals surface area contributed by atoms with Crippen molar-refractivity contribution in [3.63, 3.8) is 0 Å². The van der Waals surface area contributed by atoms with Crippen LogP contribution in [0, 0.1) is 17.0 Å². The van der Waals surface area contributed by atoms with Gasteiger partial charge in [0.2, 0.25) is 0 Å². The molecule has 0 N–H and O–H groups in total. The molecule has 0 bridgehead atoms. The van der Waals surface area contributed by atoms with Crippen molar-refractivity contribution in [2.75, 3.05) is 21.2 Å². The number of carbonyl (C=O) groups is 3. The van der Waals surface area contributed by atoms with Crippen molar-refractivity contribution in [2.24, 2.45) is 0 Å². The molecule has 0 aliphatic carbocycles. The molecule has 4 amide bonds. The van der Waals surface area contributed by atoms with Gasteiger partial charge in [0, 0.05) is 26.2 Å². The summed E-state index contributed by atoms with van der Waals surface area (Å²) in [4.78, 5) is 48.1. The lowest BCUT2D eigenvalue weighted by molar-refractivity contribution is -0.385. The number of rotatable bonds is 6. The van der Waals surface area contributed by atoms with Gasteiger partial charge in [-0.3, -0.25) is 29.5 Å². The Morgan fingerprint density at radius 1 is 0.971 bits per heavy atom. The largest absolute Gasteiger partial charge is 0.493 e. The van der Waals surface area contributed by atoms with Gasteiger partial charge in [-0.05, 0) is 36.3 Å². The smallest absolute Gasteiger partial charge is 0.339 e. The van der Waals surface area contributed by atoms with Crippen LogP contribution in [0.2, 0.25) is 0 Å². The van der Waals surface area contributed by atoms with Gasteiger partial charge in [0.25, 0.3) is 17.5 Å². The Hall–Kier alpha value is -4.26. The number of imide groups is 2. The fourth-order valence-electron chi connectivity index (χ4n) is 3.12. The highest BCUT2D eigenvalue weighted by molar-refractivity contribution is 7.87. The van der Waals surface area contributed by atoms with Crippen molar-refractivity contribution >= 4 is 39.7 Å². The molecule has 3 rings (SSSR count). The summed E-state index contributed by atoms with van der Waals surface area (Å²) in [5, 5.41) is 11.0. The van der Waals surface area contributed by atoms with E-state index in [0.29, 0.717) is 5.56 Å². The highest BCUT2D eigenvalue weighted by Gasteiger charge is 2.37. The van der Waals surface area contributed by atoms with E-state index in [0.717, 1.165) is 15.9 Å². The normalized spacial score (nSPS) is 14.4. The monoisotopic (exact) mass is 489 g/mol. The number of barbiturate groups is 1. The van der Waals surface area contributed by atoms with Crippen molar-refractivity contribution in [3.05, 3.63) is 63.2 Å². The summed E-state index contributed by atoms with van der Waals surface area (Å²) >= 11 is 0. The predicted molar refractivity (Wildman–Crippen MR) is 118 cm³/mol. The Bertz CT molecular complexity index is 1340. The van der Waals surface area contributed by atoms with Crippen LogP contribution in [0.3, 0.4) is 0 Å². The number of hydrogen-bond acceptors (Lipinski definition) is 9. The zero-order valence-electron chi connectivity index (χ0n) is 18.5. The van der Waals surface area contributed by atoms with Crippen molar-refractivity contribution in [3.8, 4) is 11.5 Å². The van der Waals surface area contributed by atoms with E-state index in [-0.39, 0.29) is 27.5 Å². The molecule has 34 heavy (non-hydrogen) atoms. The molecule has 1 aliphatic rings. The van der Waals surface area contributed by atoms with E-state index in [1.54, 1.807) is 0 Å². The number of ether oxygens (including phenoxy) is 1. The van der Waals surface area contributed by atoms with Crippen LogP contribution in [0.5, 0.6) is 11.5 Å². The number of carbonyl (C=O) groups excluding carboxylic acids is 3. The molecule has 178 valence electrons. The highest BCUT2D eigenvalue weighted by atomic mass is 32.2. The maximum Gasteiger partial charge on any atom is 0.339 e. The molecule has 2 aromatic carbocycles. The Morgan fingerprint density at radius 2 is 1.59 bits per heavy atom. The van der Waals surface area contributed by atoms with E-state index in [1.165, 1.54) is 64.5 Å². The van der Waals surface area contributed by atoms with Gasteiger partial charge in [0.05, 0.1) is 12.0 Å². The first-order valence-corrected chi connectivity index (χ1v) is 11.0. The number of methoxy groups -OCH3 is 1. The van der Waals surface area contributed by atoms with Gasteiger partial charge in [-0.25, -0.2) is 4.79 Å². The van der Waals surface area contributed by atoms with Gasteiger partial charge < -0.3 is 8.92 Å². The standard InChI is InChI=1S/C21H19N3O9S/c1-12-5-7-14(24(28)29)11-18(12)34(30,31)33-16-8-6-13(10-17(16)32-4)9-15-19(25)22(2)21(27)23(3)20(15)26/h5-11H,1-4H3. The summed E-state index contributed by atoms with van der Waals surface area (Å²) in [6.07, 6.45) is 1.23. The third-order valence-electron chi connectivity index (χ3n) is 4.99. The van der Waals surface area contributed by atoms with Crippen LogP contribution >= 0.6 is 0 Å². The van der Waals surface area contributed by atoms with Crippen molar-refractivity contribution in [1.82, 2.24) is 9.80 Å². The lowest BCUT2D eigenvalue weighted by Gasteiger charge is -2.28. The molecule has 1 heterocycles. The van der Waals surface area contributed by atoms with Crippen LogP contribution in [-0.2, 0) is 19.7 Å². The second-order valence-corrected chi connectivity index (χ2v) is 8.74. The van der Waals surface area contributed by atoms with Gasteiger partial charge >= 0.3 is 16.1 Å². The number of hydrogen-bond donors (Lipinski definition) is 0. The molecule has 12 nitrogen and oxygen atoms in total. The quantitative estimate of drug-likeness (QED) is 0.195. The highest BCUT2D eigenvalue weighted by Crippen LogP contribution is 2.33.